The Labute approximate surface area is 158 Å². The van der Waals surface area contributed by atoms with E-state index >= 15 is 0 Å². The van der Waals surface area contributed by atoms with Crippen molar-refractivity contribution in [1.82, 2.24) is 9.97 Å². The van der Waals surface area contributed by atoms with Crippen LogP contribution in [0.15, 0.2) is 24.4 Å². The lowest BCUT2D eigenvalue weighted by Gasteiger charge is -2.02. The topological polar surface area (TPSA) is 74.8 Å². The molecule has 0 saturated carbocycles. The Balaban J connectivity index is 1.75. The zero-order valence-corrected chi connectivity index (χ0v) is 15.8. The number of thiazole rings is 1. The molecule has 140 valence electrons. The van der Waals surface area contributed by atoms with Gasteiger partial charge in [-0.05, 0) is 38.0 Å². The lowest BCUT2D eigenvalue weighted by molar-refractivity contribution is 0.101. The zero-order valence-electron chi connectivity index (χ0n) is 14.9. The number of hydrogen-bond donors (Lipinski definition) is 2. The van der Waals surface area contributed by atoms with E-state index in [1.54, 1.807) is 13.8 Å². The van der Waals surface area contributed by atoms with Crippen LogP contribution in [0, 0.1) is 25.5 Å². The molecule has 2 heterocycles. The largest absolute Gasteiger partial charge is 0.354 e. The number of carbonyl (C=O) groups excluding carboxylic acids is 2. The van der Waals surface area contributed by atoms with Gasteiger partial charge in [-0.15, -0.1) is 11.3 Å². The normalized spacial score (nSPS) is 10.9. The van der Waals surface area contributed by atoms with Gasteiger partial charge in [0, 0.05) is 34.8 Å². The number of amides is 1. The number of rotatable bonds is 5. The second-order valence-electron chi connectivity index (χ2n) is 6.18. The molecule has 0 saturated heterocycles. The number of benzene rings is 1. The van der Waals surface area contributed by atoms with Gasteiger partial charge < -0.3 is 4.98 Å². The number of hydrogen-bond acceptors (Lipinski definition) is 4. The highest BCUT2D eigenvalue weighted by Crippen LogP contribution is 2.24. The number of ketones is 1. The highest BCUT2D eigenvalue weighted by molar-refractivity contribution is 7.15. The molecule has 2 aromatic heterocycles. The molecule has 0 bridgehead atoms. The summed E-state index contributed by atoms with van der Waals surface area (Å²) in [6.45, 7) is 4.89. The molecule has 0 radical (unpaired) electrons. The predicted octanol–water partition coefficient (Wildman–Crippen LogP) is 4.41. The van der Waals surface area contributed by atoms with Crippen LogP contribution in [0.5, 0.6) is 0 Å². The van der Waals surface area contributed by atoms with Crippen molar-refractivity contribution in [2.45, 2.75) is 27.2 Å². The van der Waals surface area contributed by atoms with Gasteiger partial charge in [-0.3, -0.25) is 14.9 Å². The molecule has 5 nitrogen and oxygen atoms in total. The highest BCUT2D eigenvalue weighted by atomic mass is 32.1. The van der Waals surface area contributed by atoms with Crippen LogP contribution in [0.1, 0.15) is 49.5 Å². The number of nitrogens with zero attached hydrogens (tertiary/aromatic N) is 1. The minimum Gasteiger partial charge on any atom is -0.354 e. The average Bonchev–Trinajstić information content (AvgIpc) is 3.13. The van der Waals surface area contributed by atoms with E-state index in [4.69, 9.17) is 0 Å². The number of anilines is 1. The third kappa shape index (κ3) is 3.95. The lowest BCUT2D eigenvalue weighted by Crippen LogP contribution is -2.13. The summed E-state index contributed by atoms with van der Waals surface area (Å²) in [5, 5.41) is 3.04. The Morgan fingerprint density at radius 3 is 2.63 bits per heavy atom. The van der Waals surface area contributed by atoms with Crippen molar-refractivity contribution in [1.29, 1.82) is 0 Å². The van der Waals surface area contributed by atoms with Crippen molar-refractivity contribution in [3.05, 3.63) is 69.0 Å². The minimum absolute atomic E-state index is 0.113. The quantitative estimate of drug-likeness (QED) is 0.635. The van der Waals surface area contributed by atoms with Gasteiger partial charge in [0.15, 0.2) is 10.9 Å². The monoisotopic (exact) mass is 389 g/mol. The van der Waals surface area contributed by atoms with Crippen molar-refractivity contribution in [3.8, 4) is 0 Å². The van der Waals surface area contributed by atoms with Crippen molar-refractivity contribution < 1.29 is 18.4 Å². The maximum Gasteiger partial charge on any atom is 0.274 e. The van der Waals surface area contributed by atoms with Gasteiger partial charge in [-0.1, -0.05) is 6.07 Å². The summed E-state index contributed by atoms with van der Waals surface area (Å²) in [6, 6.07) is 3.42. The number of aromatic nitrogens is 2. The van der Waals surface area contributed by atoms with Crippen LogP contribution in [-0.4, -0.2) is 21.7 Å². The summed E-state index contributed by atoms with van der Waals surface area (Å²) in [4.78, 5) is 32.0. The van der Waals surface area contributed by atoms with E-state index in [0.717, 1.165) is 10.9 Å². The molecule has 3 aromatic rings. The first kappa shape index (κ1) is 18.9. The van der Waals surface area contributed by atoms with Crippen molar-refractivity contribution in [2.75, 3.05) is 5.32 Å². The van der Waals surface area contributed by atoms with Crippen LogP contribution in [-0.2, 0) is 6.42 Å². The summed E-state index contributed by atoms with van der Waals surface area (Å²) >= 11 is 1.20. The lowest BCUT2D eigenvalue weighted by atomic mass is 10.1. The Bertz CT molecular complexity index is 1040. The molecule has 0 spiro atoms. The van der Waals surface area contributed by atoms with E-state index in [2.05, 4.69) is 15.3 Å². The van der Waals surface area contributed by atoms with Crippen LogP contribution in [0.2, 0.25) is 0 Å². The minimum atomic E-state index is -0.630. The van der Waals surface area contributed by atoms with E-state index in [1.165, 1.54) is 36.6 Å². The molecular weight excluding hydrogens is 372 g/mol. The molecule has 0 unspecified atom stereocenters. The second-order valence-corrected chi connectivity index (χ2v) is 7.29. The number of aromatic amines is 1. The SMILES string of the molecule is CC(=O)c1c(C)[nH]c(C(=O)Nc2ncc(Cc3ccc(F)cc3F)s2)c1C. The molecule has 8 heteroatoms. The van der Waals surface area contributed by atoms with E-state index < -0.39 is 17.5 Å². The smallest absolute Gasteiger partial charge is 0.274 e. The number of aryl methyl sites for hydroxylation is 1. The first-order valence-corrected chi connectivity index (χ1v) is 8.98. The number of nitrogens with one attached hydrogen (secondary N) is 2. The molecule has 1 amide bonds. The zero-order chi connectivity index (χ0) is 19.7. The van der Waals surface area contributed by atoms with E-state index in [-0.39, 0.29) is 12.2 Å². The van der Waals surface area contributed by atoms with Gasteiger partial charge in [0.05, 0.1) is 0 Å². The fraction of sp³-hybridized carbons (Fsp3) is 0.211. The van der Waals surface area contributed by atoms with Crippen LogP contribution < -0.4 is 5.32 Å². The molecule has 0 aliphatic carbocycles. The van der Waals surface area contributed by atoms with Gasteiger partial charge in [0.2, 0.25) is 0 Å². The number of halogens is 2. The third-order valence-electron chi connectivity index (χ3n) is 4.17. The Hall–Kier alpha value is -2.87. The van der Waals surface area contributed by atoms with E-state index in [1.807, 2.05) is 0 Å². The predicted molar refractivity (Wildman–Crippen MR) is 99.5 cm³/mol. The molecule has 1 aromatic carbocycles. The van der Waals surface area contributed by atoms with Crippen LogP contribution >= 0.6 is 11.3 Å². The summed E-state index contributed by atoms with van der Waals surface area (Å²) in [5.41, 5.74) is 2.38. The number of Topliss-reactive ketones (excluding diaryl/α,β-unsaturated/α-hetero) is 1. The van der Waals surface area contributed by atoms with Gasteiger partial charge in [0.1, 0.15) is 17.3 Å². The molecule has 0 aliphatic rings. The third-order valence-corrected chi connectivity index (χ3v) is 5.08. The highest BCUT2D eigenvalue weighted by Gasteiger charge is 2.20. The van der Waals surface area contributed by atoms with E-state index in [0.29, 0.717) is 33.2 Å². The van der Waals surface area contributed by atoms with E-state index in [9.17, 15) is 18.4 Å². The van der Waals surface area contributed by atoms with Gasteiger partial charge >= 0.3 is 0 Å². The fourth-order valence-electron chi connectivity index (χ4n) is 2.96. The molecular formula is C19H17F2N3O2S. The first-order valence-electron chi connectivity index (χ1n) is 8.16. The Morgan fingerprint density at radius 2 is 2.00 bits per heavy atom. The molecule has 3 rings (SSSR count). The standard InChI is InChI=1S/C19H17F2N3O2S/c1-9-16(11(3)25)10(2)23-17(9)18(26)24-19-22-8-14(27-19)6-12-4-5-13(20)7-15(12)21/h4-5,7-8,23H,6H2,1-3H3,(H,22,24,26). The summed E-state index contributed by atoms with van der Waals surface area (Å²) < 4.78 is 26.8. The molecule has 0 fully saturated rings. The maximum absolute atomic E-state index is 13.8. The van der Waals surface area contributed by atoms with Crippen molar-refractivity contribution in [2.24, 2.45) is 0 Å². The summed E-state index contributed by atoms with van der Waals surface area (Å²) in [7, 11) is 0. The molecule has 0 aliphatic heterocycles. The number of H-pyrrole nitrogens is 1. The van der Waals surface area contributed by atoms with Crippen molar-refractivity contribution >= 4 is 28.2 Å². The van der Waals surface area contributed by atoms with Crippen LogP contribution in [0.4, 0.5) is 13.9 Å². The molecule has 27 heavy (non-hydrogen) atoms. The average molecular weight is 389 g/mol. The maximum atomic E-state index is 13.8. The van der Waals surface area contributed by atoms with Gasteiger partial charge in [0.25, 0.3) is 5.91 Å². The Kier molecular flexibility index (Phi) is 5.18. The van der Waals surface area contributed by atoms with Crippen LogP contribution in [0.3, 0.4) is 0 Å². The Morgan fingerprint density at radius 1 is 1.26 bits per heavy atom. The fourth-order valence-corrected chi connectivity index (χ4v) is 3.80. The second kappa shape index (κ2) is 7.40. The van der Waals surface area contributed by atoms with Crippen molar-refractivity contribution in [3.63, 3.8) is 0 Å². The molecule has 0 atom stereocenters. The molecule has 2 N–H and O–H groups in total. The van der Waals surface area contributed by atoms with Crippen LogP contribution in [0.25, 0.3) is 0 Å². The van der Waals surface area contributed by atoms with Gasteiger partial charge in [-0.25, -0.2) is 13.8 Å². The van der Waals surface area contributed by atoms with Gasteiger partial charge in [-0.2, -0.15) is 0 Å². The first-order chi connectivity index (χ1) is 12.8. The number of carbonyl (C=O) groups is 2. The summed E-state index contributed by atoms with van der Waals surface area (Å²) in [6.07, 6.45) is 1.78. The summed E-state index contributed by atoms with van der Waals surface area (Å²) in [5.74, 6) is -1.77.